The molecule has 1 fully saturated rings. The Bertz CT molecular complexity index is 387. The van der Waals surface area contributed by atoms with Crippen LogP contribution in [0.5, 0.6) is 0 Å². The first-order valence-corrected chi connectivity index (χ1v) is 7.49. The van der Waals surface area contributed by atoms with E-state index in [1.165, 1.54) is 17.7 Å². The predicted molar refractivity (Wildman–Crippen MR) is 75.7 cm³/mol. The van der Waals surface area contributed by atoms with Crippen LogP contribution in [0.15, 0.2) is 17.5 Å². The summed E-state index contributed by atoms with van der Waals surface area (Å²) < 4.78 is 0. The zero-order valence-electron chi connectivity index (χ0n) is 11.3. The smallest absolute Gasteiger partial charge is 0.234 e. The maximum Gasteiger partial charge on any atom is 0.234 e. The molecule has 2 unspecified atom stereocenters. The quantitative estimate of drug-likeness (QED) is 0.858. The van der Waals surface area contributed by atoms with Gasteiger partial charge in [-0.3, -0.25) is 9.69 Å². The van der Waals surface area contributed by atoms with Gasteiger partial charge in [-0.1, -0.05) is 6.07 Å². The molecule has 0 aromatic carbocycles. The molecule has 1 aliphatic carbocycles. The predicted octanol–water partition coefficient (Wildman–Crippen LogP) is 2.66. The minimum Gasteiger partial charge on any atom is -0.348 e. The lowest BCUT2D eigenvalue weighted by Gasteiger charge is -2.24. The third-order valence-corrected chi connectivity index (χ3v) is 4.79. The van der Waals surface area contributed by atoms with Crippen LogP contribution < -0.4 is 5.32 Å². The number of carbonyl (C=O) groups is 1. The molecule has 1 aliphatic rings. The van der Waals surface area contributed by atoms with Crippen molar-refractivity contribution in [3.63, 3.8) is 0 Å². The molecular weight excluding hydrogens is 244 g/mol. The van der Waals surface area contributed by atoms with Crippen molar-refractivity contribution in [1.29, 1.82) is 0 Å². The standard InChI is InChI=1S/C14H22N2OS/c1-10(13-5-4-8-18-13)15-14(17)9-16(3)11(2)12-6-7-12/h4-5,8,10-12H,6-7,9H2,1-3H3,(H,15,17). The Kier molecular flexibility index (Phi) is 4.40. The molecule has 1 aromatic rings. The van der Waals surface area contributed by atoms with Crippen LogP contribution in [0.1, 0.15) is 37.6 Å². The summed E-state index contributed by atoms with van der Waals surface area (Å²) in [4.78, 5) is 15.3. The van der Waals surface area contributed by atoms with Gasteiger partial charge in [-0.2, -0.15) is 0 Å². The number of amides is 1. The second kappa shape index (κ2) is 5.85. The average molecular weight is 266 g/mol. The van der Waals surface area contributed by atoms with Gasteiger partial charge in [-0.25, -0.2) is 0 Å². The lowest BCUT2D eigenvalue weighted by molar-refractivity contribution is -0.123. The van der Waals surface area contributed by atoms with Crippen LogP contribution in [0.4, 0.5) is 0 Å². The van der Waals surface area contributed by atoms with Gasteiger partial charge in [0.25, 0.3) is 0 Å². The summed E-state index contributed by atoms with van der Waals surface area (Å²) in [6.07, 6.45) is 2.64. The molecule has 4 heteroatoms. The van der Waals surface area contributed by atoms with Crippen molar-refractivity contribution in [2.24, 2.45) is 5.92 Å². The summed E-state index contributed by atoms with van der Waals surface area (Å²) in [5.74, 6) is 0.920. The van der Waals surface area contributed by atoms with Crippen LogP contribution in [0.2, 0.25) is 0 Å². The first-order valence-electron chi connectivity index (χ1n) is 6.61. The van der Waals surface area contributed by atoms with E-state index in [4.69, 9.17) is 0 Å². The SMILES string of the molecule is CC(NC(=O)CN(C)C(C)C1CC1)c1cccs1. The minimum atomic E-state index is 0.113. The summed E-state index contributed by atoms with van der Waals surface area (Å²) in [5.41, 5.74) is 0. The van der Waals surface area contributed by atoms with E-state index in [0.717, 1.165) is 5.92 Å². The number of carbonyl (C=O) groups excluding carboxylic acids is 1. The molecule has 1 saturated carbocycles. The van der Waals surface area contributed by atoms with E-state index in [9.17, 15) is 4.79 Å². The number of nitrogens with zero attached hydrogens (tertiary/aromatic N) is 1. The molecule has 0 saturated heterocycles. The van der Waals surface area contributed by atoms with Crippen molar-refractivity contribution < 1.29 is 4.79 Å². The van der Waals surface area contributed by atoms with Gasteiger partial charge < -0.3 is 5.32 Å². The monoisotopic (exact) mass is 266 g/mol. The molecule has 2 atom stereocenters. The van der Waals surface area contributed by atoms with Crippen LogP contribution in [0, 0.1) is 5.92 Å². The van der Waals surface area contributed by atoms with Crippen molar-refractivity contribution in [1.82, 2.24) is 10.2 Å². The highest BCUT2D eigenvalue weighted by molar-refractivity contribution is 7.10. The zero-order valence-corrected chi connectivity index (χ0v) is 12.2. The number of nitrogens with one attached hydrogen (secondary N) is 1. The molecule has 18 heavy (non-hydrogen) atoms. The summed E-state index contributed by atoms with van der Waals surface area (Å²) >= 11 is 1.68. The summed E-state index contributed by atoms with van der Waals surface area (Å²) in [7, 11) is 2.04. The van der Waals surface area contributed by atoms with Crippen LogP contribution in [0.3, 0.4) is 0 Å². The Morgan fingerprint density at radius 3 is 2.83 bits per heavy atom. The molecule has 0 spiro atoms. The Labute approximate surface area is 113 Å². The Morgan fingerprint density at radius 1 is 1.56 bits per heavy atom. The van der Waals surface area contributed by atoms with E-state index in [1.807, 2.05) is 25.4 Å². The minimum absolute atomic E-state index is 0.113. The van der Waals surface area contributed by atoms with E-state index >= 15 is 0 Å². The van der Waals surface area contributed by atoms with Crippen molar-refractivity contribution >= 4 is 17.2 Å². The van der Waals surface area contributed by atoms with Gasteiger partial charge in [0.05, 0.1) is 12.6 Å². The Morgan fingerprint density at radius 2 is 2.28 bits per heavy atom. The van der Waals surface area contributed by atoms with Crippen LogP contribution in [-0.4, -0.2) is 30.4 Å². The molecular formula is C14H22N2OS. The van der Waals surface area contributed by atoms with E-state index < -0.39 is 0 Å². The highest BCUT2D eigenvalue weighted by Gasteiger charge is 2.31. The fraction of sp³-hybridized carbons (Fsp3) is 0.643. The fourth-order valence-electron chi connectivity index (χ4n) is 2.20. The maximum atomic E-state index is 12.0. The fourth-order valence-corrected chi connectivity index (χ4v) is 2.94. The van der Waals surface area contributed by atoms with Crippen molar-refractivity contribution in [3.05, 3.63) is 22.4 Å². The highest BCUT2D eigenvalue weighted by Crippen LogP contribution is 2.34. The number of rotatable bonds is 6. The van der Waals surface area contributed by atoms with Crippen molar-refractivity contribution in [2.75, 3.05) is 13.6 Å². The lowest BCUT2D eigenvalue weighted by Crippen LogP contribution is -2.40. The molecule has 1 heterocycles. The van der Waals surface area contributed by atoms with Gasteiger partial charge in [0, 0.05) is 10.9 Å². The molecule has 2 rings (SSSR count). The zero-order chi connectivity index (χ0) is 13.1. The molecule has 0 aliphatic heterocycles. The highest BCUT2D eigenvalue weighted by atomic mass is 32.1. The molecule has 0 radical (unpaired) electrons. The number of hydrogen-bond donors (Lipinski definition) is 1. The third kappa shape index (κ3) is 3.56. The first-order chi connectivity index (χ1) is 8.58. The average Bonchev–Trinajstić information content (AvgIpc) is 3.02. The van der Waals surface area contributed by atoms with Crippen LogP contribution >= 0.6 is 11.3 Å². The molecule has 100 valence electrons. The third-order valence-electron chi connectivity index (χ3n) is 3.74. The van der Waals surface area contributed by atoms with Gasteiger partial charge in [0.15, 0.2) is 0 Å². The number of hydrogen-bond acceptors (Lipinski definition) is 3. The number of likely N-dealkylation sites (N-methyl/N-ethyl adjacent to an activating group) is 1. The van der Waals surface area contributed by atoms with Crippen molar-refractivity contribution in [2.45, 2.75) is 38.8 Å². The summed E-state index contributed by atoms with van der Waals surface area (Å²) in [5, 5.41) is 5.10. The molecule has 3 nitrogen and oxygen atoms in total. The van der Waals surface area contributed by atoms with Gasteiger partial charge >= 0.3 is 0 Å². The lowest BCUT2D eigenvalue weighted by atomic mass is 10.2. The van der Waals surface area contributed by atoms with Gasteiger partial charge in [0.2, 0.25) is 5.91 Å². The second-order valence-corrected chi connectivity index (χ2v) is 6.28. The van der Waals surface area contributed by atoms with Crippen LogP contribution in [0.25, 0.3) is 0 Å². The van der Waals surface area contributed by atoms with E-state index in [0.29, 0.717) is 12.6 Å². The largest absolute Gasteiger partial charge is 0.348 e. The molecule has 0 bridgehead atoms. The van der Waals surface area contributed by atoms with Gasteiger partial charge in [-0.15, -0.1) is 11.3 Å². The Balaban J connectivity index is 1.77. The maximum absolute atomic E-state index is 12.0. The van der Waals surface area contributed by atoms with Gasteiger partial charge in [0.1, 0.15) is 0 Å². The van der Waals surface area contributed by atoms with E-state index in [2.05, 4.69) is 23.2 Å². The molecule has 1 amide bonds. The topological polar surface area (TPSA) is 32.3 Å². The summed E-state index contributed by atoms with van der Waals surface area (Å²) in [6.45, 7) is 4.75. The van der Waals surface area contributed by atoms with Crippen molar-refractivity contribution in [3.8, 4) is 0 Å². The normalized spacial score (nSPS) is 18.7. The summed E-state index contributed by atoms with van der Waals surface area (Å²) in [6, 6.07) is 4.71. The Hall–Kier alpha value is -0.870. The van der Waals surface area contributed by atoms with Gasteiger partial charge in [-0.05, 0) is 51.1 Å². The second-order valence-electron chi connectivity index (χ2n) is 5.30. The van der Waals surface area contributed by atoms with E-state index in [-0.39, 0.29) is 11.9 Å². The molecule has 1 aromatic heterocycles. The first kappa shape index (κ1) is 13.6. The molecule has 1 N–H and O–H groups in total. The number of thiophene rings is 1. The van der Waals surface area contributed by atoms with E-state index in [1.54, 1.807) is 11.3 Å². The van der Waals surface area contributed by atoms with Crippen LogP contribution in [-0.2, 0) is 4.79 Å².